The third-order valence-electron chi connectivity index (χ3n) is 4.18. The van der Waals surface area contributed by atoms with Crippen molar-refractivity contribution >= 4 is 17.8 Å². The molecule has 0 radical (unpaired) electrons. The maximum Gasteiger partial charge on any atom is 0.306 e. The molecule has 2 aromatic rings. The monoisotopic (exact) mass is 412 g/mol. The van der Waals surface area contributed by atoms with Gasteiger partial charge in [-0.2, -0.15) is 0 Å². The Kier molecular flexibility index (Phi) is 9.37. The maximum absolute atomic E-state index is 11.8. The maximum atomic E-state index is 11.8. The molecule has 0 bridgehead atoms. The normalized spacial score (nSPS) is 10.2. The largest absolute Gasteiger partial charge is 0.484 e. The van der Waals surface area contributed by atoms with Gasteiger partial charge in [0, 0.05) is 6.42 Å². The van der Waals surface area contributed by atoms with E-state index in [0.717, 1.165) is 24.0 Å². The molecule has 0 saturated heterocycles. The van der Waals surface area contributed by atoms with E-state index in [1.54, 1.807) is 0 Å². The summed E-state index contributed by atoms with van der Waals surface area (Å²) in [6, 6.07) is 15.6. The third-order valence-corrected chi connectivity index (χ3v) is 4.18. The van der Waals surface area contributed by atoms with Crippen LogP contribution in [0.5, 0.6) is 5.75 Å². The van der Waals surface area contributed by atoms with Crippen molar-refractivity contribution in [2.45, 2.75) is 39.5 Å². The fourth-order valence-electron chi connectivity index (χ4n) is 2.80. The first-order valence-electron chi connectivity index (χ1n) is 9.90. The van der Waals surface area contributed by atoms with E-state index in [-0.39, 0.29) is 19.4 Å². The summed E-state index contributed by atoms with van der Waals surface area (Å²) < 4.78 is 10.5. The van der Waals surface area contributed by atoms with Crippen molar-refractivity contribution in [2.75, 3.05) is 13.2 Å². The molecule has 160 valence electrons. The first kappa shape index (κ1) is 22.9. The Hall–Kier alpha value is -3.35. The number of hydrazine groups is 1. The number of benzene rings is 2. The highest BCUT2D eigenvalue weighted by Crippen LogP contribution is 2.15. The van der Waals surface area contributed by atoms with E-state index in [4.69, 9.17) is 9.47 Å². The average Bonchev–Trinajstić information content (AvgIpc) is 2.72. The number of hydrogen-bond donors (Lipinski definition) is 2. The molecule has 0 saturated carbocycles. The van der Waals surface area contributed by atoms with E-state index in [2.05, 4.69) is 10.9 Å². The highest BCUT2D eigenvalue weighted by atomic mass is 16.5. The van der Waals surface area contributed by atoms with Gasteiger partial charge in [-0.15, -0.1) is 0 Å². The van der Waals surface area contributed by atoms with Crippen LogP contribution in [0.2, 0.25) is 0 Å². The molecular formula is C23H28N2O5. The average molecular weight is 412 g/mol. The van der Waals surface area contributed by atoms with Crippen molar-refractivity contribution in [2.24, 2.45) is 0 Å². The van der Waals surface area contributed by atoms with Crippen LogP contribution in [0.15, 0.2) is 48.5 Å². The summed E-state index contributed by atoms with van der Waals surface area (Å²) in [6.45, 7) is 3.96. The first-order valence-corrected chi connectivity index (χ1v) is 9.90. The van der Waals surface area contributed by atoms with Crippen LogP contribution in [0.1, 0.15) is 36.0 Å². The Labute approximate surface area is 176 Å². The Bertz CT molecular complexity index is 832. The molecule has 0 fully saturated rings. The van der Waals surface area contributed by atoms with Gasteiger partial charge in [-0.25, -0.2) is 0 Å². The van der Waals surface area contributed by atoms with Crippen LogP contribution in [0.25, 0.3) is 0 Å². The zero-order valence-electron chi connectivity index (χ0n) is 17.4. The molecule has 0 aromatic heterocycles. The standard InChI is InChI=1S/C23H28N2O5/c1-17-13-18(2)15-20(14-17)30-16-22(27)25-24-21(26)10-11-23(28)29-12-6-9-19-7-4-3-5-8-19/h3-5,7-8,13-15H,6,9-12,16H2,1-2H3,(H,24,26)(H,25,27). The number of ether oxygens (including phenoxy) is 2. The lowest BCUT2D eigenvalue weighted by atomic mass is 10.1. The van der Waals surface area contributed by atoms with Gasteiger partial charge in [0.1, 0.15) is 5.75 Å². The summed E-state index contributed by atoms with van der Waals surface area (Å²) in [5.74, 6) is -0.825. The van der Waals surface area contributed by atoms with Gasteiger partial charge >= 0.3 is 5.97 Å². The molecule has 0 unspecified atom stereocenters. The molecule has 2 aromatic carbocycles. The van der Waals surface area contributed by atoms with Gasteiger partial charge in [0.25, 0.3) is 5.91 Å². The minimum atomic E-state index is -0.494. The molecule has 0 spiro atoms. The molecule has 0 heterocycles. The highest BCUT2D eigenvalue weighted by molar-refractivity contribution is 5.84. The lowest BCUT2D eigenvalue weighted by Gasteiger charge is -2.10. The number of aryl methyl sites for hydroxylation is 3. The van der Waals surface area contributed by atoms with Gasteiger partial charge in [0.2, 0.25) is 5.91 Å². The van der Waals surface area contributed by atoms with Crippen molar-refractivity contribution in [1.82, 2.24) is 10.9 Å². The van der Waals surface area contributed by atoms with Gasteiger partial charge in [0.05, 0.1) is 13.0 Å². The second-order valence-electron chi connectivity index (χ2n) is 7.02. The summed E-state index contributed by atoms with van der Waals surface area (Å²) in [5, 5.41) is 0. The van der Waals surface area contributed by atoms with Crippen LogP contribution >= 0.6 is 0 Å². The number of esters is 1. The highest BCUT2D eigenvalue weighted by Gasteiger charge is 2.10. The van der Waals surface area contributed by atoms with Crippen molar-refractivity contribution in [3.8, 4) is 5.75 Å². The van der Waals surface area contributed by atoms with E-state index in [1.165, 1.54) is 5.56 Å². The lowest BCUT2D eigenvalue weighted by Crippen LogP contribution is -2.43. The summed E-state index contributed by atoms with van der Waals surface area (Å²) in [5.41, 5.74) is 7.77. The smallest absolute Gasteiger partial charge is 0.306 e. The number of amides is 2. The second-order valence-corrected chi connectivity index (χ2v) is 7.02. The molecule has 0 aliphatic carbocycles. The fraction of sp³-hybridized carbons (Fsp3) is 0.348. The minimum Gasteiger partial charge on any atom is -0.484 e. The molecule has 2 amide bonds. The molecule has 30 heavy (non-hydrogen) atoms. The first-order chi connectivity index (χ1) is 14.4. The summed E-state index contributed by atoms with van der Waals surface area (Å²) in [6.07, 6.45) is 1.42. The molecule has 0 aliphatic heterocycles. The van der Waals surface area contributed by atoms with Crippen LogP contribution in [0, 0.1) is 13.8 Å². The topological polar surface area (TPSA) is 93.7 Å². The van der Waals surface area contributed by atoms with Gasteiger partial charge in [-0.1, -0.05) is 36.4 Å². The van der Waals surface area contributed by atoms with E-state index in [1.807, 2.05) is 62.4 Å². The number of rotatable bonds is 10. The van der Waals surface area contributed by atoms with Crippen molar-refractivity contribution in [3.63, 3.8) is 0 Å². The molecule has 0 aliphatic rings. The molecule has 7 heteroatoms. The van der Waals surface area contributed by atoms with E-state index in [0.29, 0.717) is 12.4 Å². The van der Waals surface area contributed by atoms with Crippen LogP contribution in [-0.4, -0.2) is 31.0 Å². The number of carbonyl (C=O) groups is 3. The summed E-state index contributed by atoms with van der Waals surface area (Å²) in [7, 11) is 0. The minimum absolute atomic E-state index is 0.0495. The zero-order valence-corrected chi connectivity index (χ0v) is 17.4. The van der Waals surface area contributed by atoms with Gasteiger partial charge < -0.3 is 9.47 Å². The second kappa shape index (κ2) is 12.3. The Morgan fingerprint density at radius 1 is 0.867 bits per heavy atom. The lowest BCUT2D eigenvalue weighted by molar-refractivity contribution is -0.145. The zero-order chi connectivity index (χ0) is 21.8. The number of nitrogens with one attached hydrogen (secondary N) is 2. The predicted molar refractivity (Wildman–Crippen MR) is 113 cm³/mol. The molecule has 7 nitrogen and oxygen atoms in total. The van der Waals surface area contributed by atoms with Crippen molar-refractivity contribution in [3.05, 3.63) is 65.2 Å². The SMILES string of the molecule is Cc1cc(C)cc(OCC(=O)NNC(=O)CCC(=O)OCCCc2ccccc2)c1. The number of hydrogen-bond acceptors (Lipinski definition) is 5. The molecule has 2 rings (SSSR count). The van der Waals surface area contributed by atoms with E-state index < -0.39 is 17.8 Å². The molecular weight excluding hydrogens is 384 g/mol. The predicted octanol–water partition coefficient (Wildman–Crippen LogP) is 2.79. The summed E-state index contributed by atoms with van der Waals surface area (Å²) in [4.78, 5) is 35.2. The Balaban J connectivity index is 1.54. The molecule has 0 atom stereocenters. The summed E-state index contributed by atoms with van der Waals surface area (Å²) >= 11 is 0. The number of carbonyl (C=O) groups excluding carboxylic acids is 3. The van der Waals surface area contributed by atoms with Crippen LogP contribution < -0.4 is 15.6 Å². The van der Waals surface area contributed by atoms with Crippen LogP contribution in [0.3, 0.4) is 0 Å². The molecule has 2 N–H and O–H groups in total. The Morgan fingerprint density at radius 3 is 2.23 bits per heavy atom. The van der Waals surface area contributed by atoms with Crippen LogP contribution in [-0.2, 0) is 25.5 Å². The quantitative estimate of drug-likeness (QED) is 0.356. The van der Waals surface area contributed by atoms with Crippen molar-refractivity contribution < 1.29 is 23.9 Å². The van der Waals surface area contributed by atoms with Gasteiger partial charge in [-0.05, 0) is 55.5 Å². The van der Waals surface area contributed by atoms with E-state index >= 15 is 0 Å². The Morgan fingerprint density at radius 2 is 1.53 bits per heavy atom. The van der Waals surface area contributed by atoms with Crippen LogP contribution in [0.4, 0.5) is 0 Å². The fourth-order valence-corrected chi connectivity index (χ4v) is 2.80. The van der Waals surface area contributed by atoms with Crippen molar-refractivity contribution in [1.29, 1.82) is 0 Å². The van der Waals surface area contributed by atoms with Gasteiger partial charge in [-0.3, -0.25) is 25.2 Å². The van der Waals surface area contributed by atoms with Gasteiger partial charge in [0.15, 0.2) is 6.61 Å². The van der Waals surface area contributed by atoms with E-state index in [9.17, 15) is 14.4 Å². The third kappa shape index (κ3) is 9.23.